The van der Waals surface area contributed by atoms with Crippen LogP contribution in [-0.4, -0.2) is 44.5 Å². The standard InChI is InChI=1S/C29H31N7S/c1-6-19(13-32-18(4)9-10-30-5)20-11-22-28(35-36-29(22)33-14-20)24-12-21-23(15-31-16-25(21)34-24)27-8-7-26(37-27)17(2)3/h7-8,11-16,30,34H,2,6,9-10H2,1,3-5H3,(H,33,35,36)/b19-13+,32-18?. The quantitative estimate of drug-likeness (QED) is 0.185. The third-order valence-electron chi connectivity index (χ3n) is 6.45. The summed E-state index contributed by atoms with van der Waals surface area (Å²) in [5.74, 6) is 0. The van der Waals surface area contributed by atoms with Crippen LogP contribution >= 0.6 is 11.3 Å². The normalized spacial score (nSPS) is 12.6. The minimum atomic E-state index is 0.685. The van der Waals surface area contributed by atoms with Crippen LogP contribution in [0.1, 0.15) is 44.1 Å². The fourth-order valence-electron chi connectivity index (χ4n) is 4.30. The predicted octanol–water partition coefficient (Wildman–Crippen LogP) is 7.08. The number of aromatic amines is 2. The van der Waals surface area contributed by atoms with E-state index in [9.17, 15) is 0 Å². The van der Waals surface area contributed by atoms with Gasteiger partial charge in [0.05, 0.1) is 23.1 Å². The van der Waals surface area contributed by atoms with E-state index in [2.05, 4.69) is 80.2 Å². The summed E-state index contributed by atoms with van der Waals surface area (Å²) in [6.45, 7) is 11.2. The van der Waals surface area contributed by atoms with Crippen LogP contribution in [0.4, 0.5) is 0 Å². The Morgan fingerprint density at radius 1 is 1.16 bits per heavy atom. The molecule has 5 aromatic rings. The van der Waals surface area contributed by atoms with E-state index in [1.54, 1.807) is 11.3 Å². The van der Waals surface area contributed by atoms with E-state index >= 15 is 0 Å². The maximum atomic E-state index is 4.68. The van der Waals surface area contributed by atoms with E-state index in [0.717, 1.165) is 75.0 Å². The molecule has 8 heteroatoms. The fourth-order valence-corrected chi connectivity index (χ4v) is 5.26. The van der Waals surface area contributed by atoms with Gasteiger partial charge in [-0.2, -0.15) is 5.10 Å². The van der Waals surface area contributed by atoms with Crippen molar-refractivity contribution >= 4 is 50.1 Å². The Labute approximate surface area is 220 Å². The van der Waals surface area contributed by atoms with E-state index in [0.29, 0.717) is 5.65 Å². The SMILES string of the molecule is C=C(C)c1ccc(-c2cncc3[nH]c(-c4[nH]nc5ncc(/C(=C/N=C(C)CCNC)CC)cc45)cc23)s1. The van der Waals surface area contributed by atoms with Crippen LogP contribution in [0, 0.1) is 0 Å². The highest BCUT2D eigenvalue weighted by Gasteiger charge is 2.16. The van der Waals surface area contributed by atoms with Gasteiger partial charge in [0.2, 0.25) is 0 Å². The van der Waals surface area contributed by atoms with Crippen molar-refractivity contribution in [1.29, 1.82) is 0 Å². The monoisotopic (exact) mass is 509 g/mol. The molecule has 7 nitrogen and oxygen atoms in total. The zero-order valence-electron chi connectivity index (χ0n) is 21.6. The molecular weight excluding hydrogens is 478 g/mol. The summed E-state index contributed by atoms with van der Waals surface area (Å²) in [7, 11) is 1.95. The lowest BCUT2D eigenvalue weighted by Gasteiger charge is -2.05. The van der Waals surface area contributed by atoms with Gasteiger partial charge < -0.3 is 10.3 Å². The van der Waals surface area contributed by atoms with Crippen LogP contribution in [0.2, 0.25) is 0 Å². The summed E-state index contributed by atoms with van der Waals surface area (Å²) in [6, 6.07) is 8.58. The predicted molar refractivity (Wildman–Crippen MR) is 157 cm³/mol. The number of nitrogens with one attached hydrogen (secondary N) is 3. The highest BCUT2D eigenvalue weighted by molar-refractivity contribution is 7.16. The fraction of sp³-hybridized carbons (Fsp3) is 0.241. The zero-order chi connectivity index (χ0) is 25.9. The van der Waals surface area contributed by atoms with Crippen LogP contribution in [0.25, 0.3) is 54.9 Å². The first-order valence-corrected chi connectivity index (χ1v) is 13.2. The van der Waals surface area contributed by atoms with E-state index in [4.69, 9.17) is 0 Å². The maximum absolute atomic E-state index is 4.68. The first-order chi connectivity index (χ1) is 18.0. The summed E-state index contributed by atoms with van der Waals surface area (Å²) in [6.07, 6.45) is 9.42. The van der Waals surface area contributed by atoms with Gasteiger partial charge in [-0.3, -0.25) is 15.1 Å². The van der Waals surface area contributed by atoms with Crippen molar-refractivity contribution in [2.75, 3.05) is 13.6 Å². The van der Waals surface area contributed by atoms with E-state index in [1.807, 2.05) is 38.8 Å². The van der Waals surface area contributed by atoms with Gasteiger partial charge in [-0.25, -0.2) is 4.98 Å². The van der Waals surface area contributed by atoms with Crippen molar-refractivity contribution in [2.24, 2.45) is 4.99 Å². The van der Waals surface area contributed by atoms with Gasteiger partial charge in [-0.15, -0.1) is 11.3 Å². The molecule has 0 unspecified atom stereocenters. The molecule has 0 aromatic carbocycles. The second-order valence-electron chi connectivity index (χ2n) is 9.20. The van der Waals surface area contributed by atoms with Crippen LogP contribution in [-0.2, 0) is 0 Å². The molecule has 0 saturated carbocycles. The second kappa shape index (κ2) is 10.6. The number of fused-ring (bicyclic) bond motifs is 2. The Kier molecular flexibility index (Phi) is 7.12. The average Bonchev–Trinajstić information content (AvgIpc) is 3.65. The molecule has 0 aliphatic carbocycles. The Balaban J connectivity index is 1.54. The minimum Gasteiger partial charge on any atom is -0.352 e. The number of H-pyrrole nitrogens is 2. The average molecular weight is 510 g/mol. The van der Waals surface area contributed by atoms with E-state index in [1.165, 1.54) is 9.75 Å². The molecule has 0 saturated heterocycles. The van der Waals surface area contributed by atoms with Gasteiger partial charge in [0.25, 0.3) is 0 Å². The first-order valence-electron chi connectivity index (χ1n) is 12.4. The molecule has 0 fully saturated rings. The van der Waals surface area contributed by atoms with Crippen molar-refractivity contribution in [3.8, 4) is 21.8 Å². The summed E-state index contributed by atoms with van der Waals surface area (Å²) in [4.78, 5) is 19.7. The molecule has 3 N–H and O–H groups in total. The molecule has 0 bridgehead atoms. The highest BCUT2D eigenvalue weighted by atomic mass is 32.1. The number of aliphatic imine (C=N–C) groups is 1. The number of aromatic nitrogens is 5. The minimum absolute atomic E-state index is 0.685. The highest BCUT2D eigenvalue weighted by Crippen LogP contribution is 2.37. The smallest absolute Gasteiger partial charge is 0.181 e. The van der Waals surface area contributed by atoms with Crippen molar-refractivity contribution in [3.63, 3.8) is 0 Å². The molecule has 0 spiro atoms. The van der Waals surface area contributed by atoms with Gasteiger partial charge in [0.15, 0.2) is 5.65 Å². The Morgan fingerprint density at radius 3 is 2.78 bits per heavy atom. The number of hydrogen-bond acceptors (Lipinski definition) is 6. The molecule has 0 aliphatic heterocycles. The number of hydrogen-bond donors (Lipinski definition) is 3. The molecule has 188 valence electrons. The summed E-state index contributed by atoms with van der Waals surface area (Å²) in [5.41, 5.74) is 8.97. The number of nitrogens with zero attached hydrogens (tertiary/aromatic N) is 4. The van der Waals surface area contributed by atoms with Crippen LogP contribution < -0.4 is 5.32 Å². The second-order valence-corrected chi connectivity index (χ2v) is 10.3. The number of pyridine rings is 2. The molecule has 0 atom stereocenters. The molecule has 37 heavy (non-hydrogen) atoms. The summed E-state index contributed by atoms with van der Waals surface area (Å²) < 4.78 is 0. The van der Waals surface area contributed by atoms with Crippen LogP contribution in [0.3, 0.4) is 0 Å². The van der Waals surface area contributed by atoms with Gasteiger partial charge >= 0.3 is 0 Å². The third-order valence-corrected chi connectivity index (χ3v) is 7.73. The molecule has 5 aromatic heterocycles. The summed E-state index contributed by atoms with van der Waals surface area (Å²) >= 11 is 1.73. The Hall–Kier alpha value is -3.88. The lowest BCUT2D eigenvalue weighted by atomic mass is 10.0. The molecule has 0 aliphatic rings. The molecule has 5 heterocycles. The zero-order valence-corrected chi connectivity index (χ0v) is 22.5. The summed E-state index contributed by atoms with van der Waals surface area (Å²) in [5, 5.41) is 12.9. The van der Waals surface area contributed by atoms with Crippen molar-refractivity contribution in [1.82, 2.24) is 30.5 Å². The maximum Gasteiger partial charge on any atom is 0.181 e. The lowest BCUT2D eigenvalue weighted by Crippen LogP contribution is -2.10. The largest absolute Gasteiger partial charge is 0.352 e. The molecule has 0 amide bonds. The third kappa shape index (κ3) is 5.03. The van der Waals surface area contributed by atoms with Gasteiger partial charge in [-0.05, 0) is 74.7 Å². The Morgan fingerprint density at radius 2 is 2.03 bits per heavy atom. The number of rotatable bonds is 9. The molecule has 5 rings (SSSR count). The Bertz CT molecular complexity index is 1650. The number of allylic oxidation sites excluding steroid dienone is 2. The van der Waals surface area contributed by atoms with Crippen LogP contribution in [0.5, 0.6) is 0 Å². The van der Waals surface area contributed by atoms with E-state index in [-0.39, 0.29) is 0 Å². The van der Waals surface area contributed by atoms with E-state index < -0.39 is 0 Å². The number of thiophene rings is 1. The molecular formula is C29H31N7S. The van der Waals surface area contributed by atoms with Crippen molar-refractivity contribution in [2.45, 2.75) is 33.6 Å². The molecule has 0 radical (unpaired) electrons. The topological polar surface area (TPSA) is 94.6 Å². The van der Waals surface area contributed by atoms with Crippen molar-refractivity contribution in [3.05, 3.63) is 66.1 Å². The van der Waals surface area contributed by atoms with Gasteiger partial charge in [0.1, 0.15) is 0 Å². The van der Waals surface area contributed by atoms with Crippen LogP contribution in [0.15, 0.2) is 60.6 Å². The first kappa shape index (κ1) is 24.8. The lowest BCUT2D eigenvalue weighted by molar-refractivity contribution is 0.822. The van der Waals surface area contributed by atoms with Gasteiger partial charge in [-0.1, -0.05) is 13.5 Å². The van der Waals surface area contributed by atoms with Gasteiger partial charge in [0, 0.05) is 56.9 Å². The van der Waals surface area contributed by atoms with Crippen molar-refractivity contribution < 1.29 is 0 Å².